The van der Waals surface area contributed by atoms with Crippen LogP contribution in [0.25, 0.3) is 10.8 Å². The Morgan fingerprint density at radius 3 is 2.50 bits per heavy atom. The number of benzene rings is 1. The van der Waals surface area contributed by atoms with Gasteiger partial charge >= 0.3 is 0 Å². The van der Waals surface area contributed by atoms with Gasteiger partial charge in [-0.05, 0) is 59.9 Å². The highest BCUT2D eigenvalue weighted by Crippen LogP contribution is 2.57. The molecule has 0 spiro atoms. The lowest BCUT2D eigenvalue weighted by atomic mass is 9.52. The van der Waals surface area contributed by atoms with Crippen molar-refractivity contribution in [1.82, 2.24) is 4.98 Å². The predicted molar refractivity (Wildman–Crippen MR) is 139 cm³/mol. The van der Waals surface area contributed by atoms with Gasteiger partial charge in [-0.25, -0.2) is 4.98 Å². The quantitative estimate of drug-likeness (QED) is 0.432. The fraction of sp³-hybridized carbons (Fsp3) is 0.481. The molecule has 2 heterocycles. The Hall–Kier alpha value is -1.78. The van der Waals surface area contributed by atoms with E-state index in [0.717, 1.165) is 24.8 Å². The molecular formula is C27H33ClN2OS. The average Bonchev–Trinajstić information content (AvgIpc) is 2.88. The number of pyridine rings is 1. The van der Waals surface area contributed by atoms with Gasteiger partial charge in [0.1, 0.15) is 5.15 Å². The normalized spacial score (nSPS) is 23.3. The van der Waals surface area contributed by atoms with Gasteiger partial charge in [0.2, 0.25) is 0 Å². The summed E-state index contributed by atoms with van der Waals surface area (Å²) in [6.07, 6.45) is 13.3. The van der Waals surface area contributed by atoms with E-state index in [1.807, 2.05) is 44.5 Å². The summed E-state index contributed by atoms with van der Waals surface area (Å²) in [7, 11) is -0.939. The molecule has 0 saturated heterocycles. The van der Waals surface area contributed by atoms with E-state index in [1.54, 1.807) is 0 Å². The topological polar surface area (TPSA) is 42.3 Å². The zero-order valence-electron chi connectivity index (χ0n) is 19.7. The maximum atomic E-state index is 12.9. The average molecular weight is 469 g/mol. The number of aromatic nitrogens is 1. The van der Waals surface area contributed by atoms with Crippen LogP contribution in [0.4, 0.5) is 0 Å². The van der Waals surface area contributed by atoms with Gasteiger partial charge in [0.25, 0.3) is 0 Å². The molecule has 2 aliphatic rings. The molecule has 1 aromatic carbocycles. The summed E-state index contributed by atoms with van der Waals surface area (Å²) in [5, 5.41) is 2.99. The number of hydrogen-bond acceptors (Lipinski definition) is 3. The van der Waals surface area contributed by atoms with Crippen LogP contribution in [0, 0.1) is 0 Å². The highest BCUT2D eigenvalue weighted by atomic mass is 35.5. The van der Waals surface area contributed by atoms with Gasteiger partial charge in [0, 0.05) is 45.0 Å². The minimum Gasteiger partial charge on any atom is -0.281 e. The maximum absolute atomic E-state index is 12.9. The summed E-state index contributed by atoms with van der Waals surface area (Å²) >= 11 is 6.33. The zero-order chi connectivity index (χ0) is 23.1. The van der Waals surface area contributed by atoms with Crippen molar-refractivity contribution in [3.8, 4) is 0 Å². The number of hydrogen-bond donors (Lipinski definition) is 0. The highest BCUT2D eigenvalue weighted by Gasteiger charge is 2.55. The first kappa shape index (κ1) is 23.4. The predicted octanol–water partition coefficient (Wildman–Crippen LogP) is 6.92. The molecule has 3 nitrogen and oxygen atoms in total. The molecule has 1 aromatic heterocycles. The zero-order valence-corrected chi connectivity index (χ0v) is 21.3. The molecule has 0 unspecified atom stereocenters. The molecule has 0 N–H and O–H groups in total. The number of aliphatic imine (C=N–C) groups is 1. The minimum absolute atomic E-state index is 0.117. The van der Waals surface area contributed by atoms with Crippen molar-refractivity contribution < 1.29 is 4.21 Å². The Labute approximate surface area is 199 Å². The first-order valence-electron chi connectivity index (χ1n) is 11.6. The summed E-state index contributed by atoms with van der Waals surface area (Å²) in [5.74, 6) is 0.936. The standard InChI is InChI=1S/C27H33ClN2OS/c1-18(2)21-10-11-24(23-16-29-25(28)15-22(21)23)27(12-8-13-27)26(5)20(9-6-7-14-30-26)17-32(31)19(3)4/h6-7,9-11,14-16,18-19H,8,12-13,17H2,1-5H3/t26-,32+/m0/s1. The fourth-order valence-electron chi connectivity index (χ4n) is 5.30. The van der Waals surface area contributed by atoms with Gasteiger partial charge in [-0.3, -0.25) is 9.20 Å². The molecule has 2 atom stereocenters. The summed E-state index contributed by atoms with van der Waals surface area (Å²) in [6, 6.07) is 6.56. The molecule has 0 amide bonds. The van der Waals surface area contributed by atoms with Gasteiger partial charge in [-0.1, -0.05) is 70.0 Å². The van der Waals surface area contributed by atoms with E-state index in [2.05, 4.69) is 44.0 Å². The molecule has 170 valence electrons. The third-order valence-corrected chi connectivity index (χ3v) is 9.31. The van der Waals surface area contributed by atoms with Gasteiger partial charge in [0.05, 0.1) is 5.54 Å². The molecule has 1 saturated carbocycles. The Morgan fingerprint density at radius 2 is 1.88 bits per heavy atom. The Balaban J connectivity index is 1.93. The van der Waals surface area contributed by atoms with E-state index in [1.165, 1.54) is 21.9 Å². The number of halogens is 1. The molecule has 1 aliphatic heterocycles. The molecule has 0 bridgehead atoms. The first-order valence-corrected chi connectivity index (χ1v) is 13.3. The van der Waals surface area contributed by atoms with Crippen molar-refractivity contribution in [1.29, 1.82) is 0 Å². The van der Waals surface area contributed by atoms with Crippen LogP contribution < -0.4 is 0 Å². The summed E-state index contributed by atoms with van der Waals surface area (Å²) in [5.41, 5.74) is 3.10. The molecule has 0 radical (unpaired) electrons. The Morgan fingerprint density at radius 1 is 1.12 bits per heavy atom. The van der Waals surface area contributed by atoms with Crippen LogP contribution in [-0.2, 0) is 16.2 Å². The van der Waals surface area contributed by atoms with Crippen LogP contribution in [0.3, 0.4) is 0 Å². The van der Waals surface area contributed by atoms with Gasteiger partial charge in [0.15, 0.2) is 0 Å². The number of rotatable bonds is 6. The second kappa shape index (κ2) is 8.87. The number of fused-ring (bicyclic) bond motifs is 1. The summed E-state index contributed by atoms with van der Waals surface area (Å²) < 4.78 is 12.9. The van der Waals surface area contributed by atoms with E-state index in [9.17, 15) is 4.21 Å². The van der Waals surface area contributed by atoms with Crippen LogP contribution >= 0.6 is 11.6 Å². The van der Waals surface area contributed by atoms with Crippen LogP contribution in [0.1, 0.15) is 70.9 Å². The largest absolute Gasteiger partial charge is 0.281 e. The van der Waals surface area contributed by atoms with Crippen LogP contribution in [0.5, 0.6) is 0 Å². The third kappa shape index (κ3) is 3.80. The summed E-state index contributed by atoms with van der Waals surface area (Å²) in [6.45, 7) is 10.7. The fourth-order valence-corrected chi connectivity index (χ4v) is 6.48. The van der Waals surface area contributed by atoms with Crippen molar-refractivity contribution in [2.75, 3.05) is 5.75 Å². The van der Waals surface area contributed by atoms with E-state index in [-0.39, 0.29) is 10.7 Å². The Kier molecular flexibility index (Phi) is 6.48. The van der Waals surface area contributed by atoms with E-state index >= 15 is 0 Å². The Bertz CT molecular complexity index is 1140. The minimum atomic E-state index is -0.939. The molecular weight excluding hydrogens is 436 g/mol. The number of allylic oxidation sites excluding steroid dienone is 3. The smallest absolute Gasteiger partial charge is 0.129 e. The first-order chi connectivity index (χ1) is 15.2. The lowest BCUT2D eigenvalue weighted by molar-refractivity contribution is 0.154. The lowest BCUT2D eigenvalue weighted by Crippen LogP contribution is -2.55. The van der Waals surface area contributed by atoms with E-state index in [4.69, 9.17) is 16.6 Å². The van der Waals surface area contributed by atoms with Crippen molar-refractivity contribution in [3.05, 3.63) is 64.5 Å². The van der Waals surface area contributed by atoms with Crippen molar-refractivity contribution in [2.24, 2.45) is 4.99 Å². The van der Waals surface area contributed by atoms with Crippen molar-refractivity contribution in [2.45, 2.75) is 76.0 Å². The van der Waals surface area contributed by atoms with E-state index in [0.29, 0.717) is 16.8 Å². The monoisotopic (exact) mass is 468 g/mol. The van der Waals surface area contributed by atoms with Gasteiger partial charge < -0.3 is 0 Å². The van der Waals surface area contributed by atoms with Gasteiger partial charge in [-0.2, -0.15) is 0 Å². The number of nitrogens with zero attached hydrogens (tertiary/aromatic N) is 2. The molecule has 2 aromatic rings. The van der Waals surface area contributed by atoms with Crippen molar-refractivity contribution in [3.63, 3.8) is 0 Å². The summed E-state index contributed by atoms with van der Waals surface area (Å²) in [4.78, 5) is 9.61. The molecule has 32 heavy (non-hydrogen) atoms. The van der Waals surface area contributed by atoms with Crippen molar-refractivity contribution >= 4 is 39.4 Å². The molecule has 1 fully saturated rings. The maximum Gasteiger partial charge on any atom is 0.129 e. The second-order valence-corrected chi connectivity index (χ2v) is 12.2. The third-order valence-electron chi connectivity index (χ3n) is 7.45. The SMILES string of the molecule is CC(C)c1ccc(C2([C@@]3(C)N=CC=CC=C3C[S@@](=O)C(C)C)CCC2)c2cnc(Cl)cc12. The van der Waals surface area contributed by atoms with Gasteiger partial charge in [-0.15, -0.1) is 0 Å². The highest BCUT2D eigenvalue weighted by molar-refractivity contribution is 7.85. The van der Waals surface area contributed by atoms with Crippen LogP contribution in [0.15, 0.2) is 53.2 Å². The molecule has 5 heteroatoms. The van der Waals surface area contributed by atoms with Crippen LogP contribution in [-0.4, -0.2) is 31.9 Å². The van der Waals surface area contributed by atoms with Crippen LogP contribution in [0.2, 0.25) is 5.15 Å². The lowest BCUT2D eigenvalue weighted by Gasteiger charge is -2.54. The van der Waals surface area contributed by atoms with E-state index < -0.39 is 16.3 Å². The molecule has 4 rings (SSSR count). The molecule has 1 aliphatic carbocycles. The second-order valence-electron chi connectivity index (χ2n) is 9.85.